The van der Waals surface area contributed by atoms with Crippen LogP contribution in [0, 0.1) is 17.2 Å². The van der Waals surface area contributed by atoms with Gasteiger partial charge in [0.05, 0.1) is 29.0 Å². The monoisotopic (exact) mass is 607 g/mol. The number of ether oxygens (including phenoxy) is 1. The molecule has 2 aromatic heterocycles. The van der Waals surface area contributed by atoms with Crippen molar-refractivity contribution in [2.24, 2.45) is 11.3 Å². The summed E-state index contributed by atoms with van der Waals surface area (Å²) in [7, 11) is 0. The van der Waals surface area contributed by atoms with E-state index in [1.807, 2.05) is 41.0 Å². The molecule has 228 valence electrons. The van der Waals surface area contributed by atoms with Crippen molar-refractivity contribution < 1.29 is 28.2 Å². The first kappa shape index (κ1) is 28.8. The molecule has 45 heavy (non-hydrogen) atoms. The topological polar surface area (TPSA) is 94.3 Å². The van der Waals surface area contributed by atoms with E-state index in [1.54, 1.807) is 30.3 Å². The number of alkyl halides is 1. The van der Waals surface area contributed by atoms with Crippen LogP contribution < -0.4 is 4.74 Å². The molecule has 3 aromatic carbocycles. The van der Waals surface area contributed by atoms with Gasteiger partial charge in [-0.2, -0.15) is 0 Å². The minimum absolute atomic E-state index is 0.00168. The molecule has 0 spiro atoms. The molecule has 2 fully saturated rings. The van der Waals surface area contributed by atoms with Crippen LogP contribution >= 0.6 is 0 Å². The quantitative estimate of drug-likeness (QED) is 0.148. The van der Waals surface area contributed by atoms with Gasteiger partial charge in [0.15, 0.2) is 5.78 Å². The van der Waals surface area contributed by atoms with E-state index in [-0.39, 0.29) is 23.9 Å². The SMILES string of the molecule is O=C(O)c1ccc2nc(Cc3ccc(-c4cccc(OCc5ccc(C(=O)C6CC6)cc5F)n4)cc3)n(CC3(CF)CC3)c2c1. The molecule has 2 aliphatic rings. The Morgan fingerprint density at radius 3 is 2.42 bits per heavy atom. The van der Waals surface area contributed by atoms with E-state index < -0.39 is 23.9 Å². The van der Waals surface area contributed by atoms with E-state index in [9.17, 15) is 23.5 Å². The molecule has 0 bridgehead atoms. The second kappa shape index (κ2) is 11.5. The van der Waals surface area contributed by atoms with Crippen molar-refractivity contribution >= 4 is 22.8 Å². The molecule has 5 aromatic rings. The predicted octanol–water partition coefficient (Wildman–Crippen LogP) is 7.45. The summed E-state index contributed by atoms with van der Waals surface area (Å²) in [5.74, 6) is -0.346. The standard InChI is InChI=1S/C36H31F2N3O4/c37-20-36(14-15-36)21-41-31-18-26(35(43)44)12-13-30(31)39-32(41)16-22-4-6-23(7-5-22)29-2-1-3-33(40-29)45-19-27-11-10-25(17-28(27)38)34(42)24-8-9-24/h1-7,10-13,17-18,24H,8-9,14-16,19-21H2,(H,43,44). The van der Waals surface area contributed by atoms with Gasteiger partial charge in [-0.3, -0.25) is 9.18 Å². The average Bonchev–Trinajstić information content (AvgIpc) is 3.99. The van der Waals surface area contributed by atoms with Crippen LogP contribution in [0.2, 0.25) is 0 Å². The first-order chi connectivity index (χ1) is 21.8. The summed E-state index contributed by atoms with van der Waals surface area (Å²) >= 11 is 0. The molecule has 9 heteroatoms. The van der Waals surface area contributed by atoms with Gasteiger partial charge in [0.2, 0.25) is 5.88 Å². The van der Waals surface area contributed by atoms with Crippen molar-refractivity contribution in [3.05, 3.63) is 113 Å². The lowest BCUT2D eigenvalue weighted by atomic mass is 10.0. The number of carbonyl (C=O) groups is 2. The average molecular weight is 608 g/mol. The minimum Gasteiger partial charge on any atom is -0.478 e. The van der Waals surface area contributed by atoms with E-state index >= 15 is 0 Å². The van der Waals surface area contributed by atoms with Crippen molar-refractivity contribution in [1.82, 2.24) is 14.5 Å². The molecule has 2 aliphatic carbocycles. The lowest BCUT2D eigenvalue weighted by Gasteiger charge is -2.15. The molecular formula is C36H31F2N3O4. The van der Waals surface area contributed by atoms with Crippen molar-refractivity contribution in [3.8, 4) is 17.1 Å². The third kappa shape index (κ3) is 6.07. The number of carbonyl (C=O) groups excluding carboxylic acids is 1. The molecule has 7 rings (SSSR count). The van der Waals surface area contributed by atoms with Crippen LogP contribution in [0.25, 0.3) is 22.3 Å². The lowest BCUT2D eigenvalue weighted by molar-refractivity contribution is 0.0696. The molecule has 1 N–H and O–H groups in total. The molecule has 2 heterocycles. The van der Waals surface area contributed by atoms with E-state index in [2.05, 4.69) is 4.98 Å². The zero-order valence-corrected chi connectivity index (χ0v) is 24.5. The Labute approximate surface area is 258 Å². The summed E-state index contributed by atoms with van der Waals surface area (Å²) in [5, 5.41) is 9.51. The number of Topliss-reactive ketones (excluding diaryl/α,β-unsaturated/α-hetero) is 1. The van der Waals surface area contributed by atoms with E-state index in [1.165, 1.54) is 12.1 Å². The van der Waals surface area contributed by atoms with E-state index in [0.29, 0.717) is 46.7 Å². The smallest absolute Gasteiger partial charge is 0.335 e. The number of pyridine rings is 1. The molecule has 0 aliphatic heterocycles. The van der Waals surface area contributed by atoms with Gasteiger partial charge in [-0.15, -0.1) is 0 Å². The number of ketones is 1. The zero-order chi connectivity index (χ0) is 31.1. The first-order valence-corrected chi connectivity index (χ1v) is 15.1. The van der Waals surface area contributed by atoms with Crippen LogP contribution in [-0.4, -0.2) is 38.1 Å². The van der Waals surface area contributed by atoms with Crippen LogP contribution in [0.3, 0.4) is 0 Å². The molecule has 7 nitrogen and oxygen atoms in total. The fourth-order valence-corrected chi connectivity index (χ4v) is 5.65. The number of fused-ring (bicyclic) bond motifs is 1. The Morgan fingerprint density at radius 2 is 1.73 bits per heavy atom. The van der Waals surface area contributed by atoms with Crippen LogP contribution in [0.4, 0.5) is 8.78 Å². The normalized spacial score (nSPS) is 15.2. The molecule has 0 atom stereocenters. The predicted molar refractivity (Wildman–Crippen MR) is 165 cm³/mol. The van der Waals surface area contributed by atoms with Gasteiger partial charge in [-0.05, 0) is 61.6 Å². The van der Waals surface area contributed by atoms with Gasteiger partial charge in [0, 0.05) is 47.1 Å². The second-order valence-corrected chi connectivity index (χ2v) is 12.2. The summed E-state index contributed by atoms with van der Waals surface area (Å²) in [6, 6.07) is 22.7. The number of rotatable bonds is 12. The Hall–Kier alpha value is -4.92. The third-order valence-corrected chi connectivity index (χ3v) is 8.81. The van der Waals surface area contributed by atoms with Crippen LogP contribution in [0.5, 0.6) is 5.88 Å². The summed E-state index contributed by atoms with van der Waals surface area (Å²) in [4.78, 5) is 33.3. The van der Waals surface area contributed by atoms with Crippen LogP contribution in [-0.2, 0) is 19.6 Å². The molecule has 0 radical (unpaired) electrons. The van der Waals surface area contributed by atoms with Crippen molar-refractivity contribution in [2.45, 2.75) is 45.3 Å². The maximum absolute atomic E-state index is 14.7. The third-order valence-electron chi connectivity index (χ3n) is 8.81. The highest BCUT2D eigenvalue weighted by atomic mass is 19.1. The Balaban J connectivity index is 1.07. The highest BCUT2D eigenvalue weighted by Gasteiger charge is 2.43. The van der Waals surface area contributed by atoms with Crippen LogP contribution in [0.15, 0.2) is 78.9 Å². The van der Waals surface area contributed by atoms with Gasteiger partial charge in [-0.25, -0.2) is 19.2 Å². The Bertz CT molecular complexity index is 1930. The van der Waals surface area contributed by atoms with Gasteiger partial charge in [-0.1, -0.05) is 42.5 Å². The number of carboxylic acid groups (broad SMARTS) is 1. The highest BCUT2D eigenvalue weighted by molar-refractivity contribution is 5.99. The number of halogens is 2. The number of aromatic carboxylic acids is 1. The maximum Gasteiger partial charge on any atom is 0.335 e. The molecule has 0 saturated heterocycles. The summed E-state index contributed by atoms with van der Waals surface area (Å²) in [5.41, 5.74) is 4.45. The Kier molecular flexibility index (Phi) is 7.39. The van der Waals surface area contributed by atoms with Crippen molar-refractivity contribution in [3.63, 3.8) is 0 Å². The van der Waals surface area contributed by atoms with E-state index in [4.69, 9.17) is 9.72 Å². The number of nitrogens with zero attached hydrogens (tertiary/aromatic N) is 3. The number of hydrogen-bond donors (Lipinski definition) is 1. The largest absolute Gasteiger partial charge is 0.478 e. The highest BCUT2D eigenvalue weighted by Crippen LogP contribution is 2.48. The summed E-state index contributed by atoms with van der Waals surface area (Å²) in [6.07, 6.45) is 3.84. The first-order valence-electron chi connectivity index (χ1n) is 15.1. The van der Waals surface area contributed by atoms with Crippen LogP contribution in [0.1, 0.15) is 63.4 Å². The molecule has 2 saturated carbocycles. The lowest BCUT2D eigenvalue weighted by Crippen LogP contribution is -2.16. The number of imidazole rings is 1. The Morgan fingerprint density at radius 1 is 0.956 bits per heavy atom. The number of carboxylic acids is 1. The van der Waals surface area contributed by atoms with Gasteiger partial charge < -0.3 is 14.4 Å². The van der Waals surface area contributed by atoms with Gasteiger partial charge in [0.1, 0.15) is 18.2 Å². The van der Waals surface area contributed by atoms with Gasteiger partial charge >= 0.3 is 5.97 Å². The number of aromatic nitrogens is 3. The summed E-state index contributed by atoms with van der Waals surface area (Å²) in [6.45, 7) is 0.0232. The fourth-order valence-electron chi connectivity index (χ4n) is 5.65. The fraction of sp³-hybridized carbons (Fsp3) is 0.278. The number of hydrogen-bond acceptors (Lipinski definition) is 5. The van der Waals surface area contributed by atoms with Crippen molar-refractivity contribution in [2.75, 3.05) is 6.67 Å². The summed E-state index contributed by atoms with van der Waals surface area (Å²) < 4.78 is 36.3. The molecule has 0 amide bonds. The van der Waals surface area contributed by atoms with Crippen molar-refractivity contribution in [1.29, 1.82) is 0 Å². The molecular weight excluding hydrogens is 576 g/mol. The molecule has 0 unspecified atom stereocenters. The van der Waals surface area contributed by atoms with Gasteiger partial charge in [0.25, 0.3) is 0 Å². The minimum atomic E-state index is -1.01. The number of benzene rings is 3. The van der Waals surface area contributed by atoms with E-state index in [0.717, 1.165) is 42.6 Å². The second-order valence-electron chi connectivity index (χ2n) is 12.2. The maximum atomic E-state index is 14.7. The zero-order valence-electron chi connectivity index (χ0n) is 24.5.